The molecule has 0 saturated carbocycles. The summed E-state index contributed by atoms with van der Waals surface area (Å²) in [6, 6.07) is 6.23. The first kappa shape index (κ1) is 20.5. The van der Waals surface area contributed by atoms with Gasteiger partial charge in [-0.05, 0) is 36.4 Å². The summed E-state index contributed by atoms with van der Waals surface area (Å²) >= 11 is 0. The van der Waals surface area contributed by atoms with Gasteiger partial charge < -0.3 is 13.7 Å². The van der Waals surface area contributed by atoms with Gasteiger partial charge in [-0.25, -0.2) is 9.18 Å². The molecular formula is C16H12F4O6S. The van der Waals surface area contributed by atoms with Crippen LogP contribution in [0.25, 0.3) is 11.1 Å². The van der Waals surface area contributed by atoms with Gasteiger partial charge >= 0.3 is 21.6 Å². The minimum absolute atomic E-state index is 0.160. The van der Waals surface area contributed by atoms with Crippen LogP contribution in [0.2, 0.25) is 0 Å². The number of methoxy groups -OCH3 is 2. The maximum Gasteiger partial charge on any atom is 0.534 e. The van der Waals surface area contributed by atoms with Crippen LogP contribution in [0.15, 0.2) is 36.4 Å². The predicted molar refractivity (Wildman–Crippen MR) is 85.3 cm³/mol. The molecule has 2 aromatic carbocycles. The van der Waals surface area contributed by atoms with E-state index < -0.39 is 33.2 Å². The fourth-order valence-corrected chi connectivity index (χ4v) is 2.53. The lowest BCUT2D eigenvalue weighted by Gasteiger charge is -2.15. The Morgan fingerprint density at radius 2 is 1.67 bits per heavy atom. The van der Waals surface area contributed by atoms with Crippen LogP contribution < -0.4 is 8.92 Å². The molecule has 0 bridgehead atoms. The molecule has 2 rings (SSSR count). The van der Waals surface area contributed by atoms with Crippen LogP contribution in [0.3, 0.4) is 0 Å². The molecule has 0 aromatic heterocycles. The lowest BCUT2D eigenvalue weighted by molar-refractivity contribution is -0.0499. The van der Waals surface area contributed by atoms with Crippen molar-refractivity contribution in [2.75, 3.05) is 14.2 Å². The zero-order chi connectivity index (χ0) is 20.4. The molecule has 0 aliphatic rings. The summed E-state index contributed by atoms with van der Waals surface area (Å²) in [7, 11) is -3.77. The van der Waals surface area contributed by atoms with Gasteiger partial charge in [0.2, 0.25) is 0 Å². The van der Waals surface area contributed by atoms with E-state index in [-0.39, 0.29) is 22.4 Å². The molecule has 11 heteroatoms. The van der Waals surface area contributed by atoms with Crippen molar-refractivity contribution in [2.24, 2.45) is 0 Å². The number of carbonyl (C=O) groups excluding carboxylic acids is 1. The fraction of sp³-hybridized carbons (Fsp3) is 0.188. The Labute approximate surface area is 151 Å². The number of rotatable bonds is 5. The van der Waals surface area contributed by atoms with E-state index in [4.69, 9.17) is 4.74 Å². The standard InChI is InChI=1S/C16H12F4O6S/c1-24-10-4-6-13(17)12(8-10)11-5-3-9(15(21)25-2)7-14(11)26-27(22,23)16(18,19)20/h3-8H,1-2H3. The zero-order valence-corrected chi connectivity index (χ0v) is 14.7. The van der Waals surface area contributed by atoms with Gasteiger partial charge in [0.1, 0.15) is 11.6 Å². The molecule has 0 fully saturated rings. The van der Waals surface area contributed by atoms with Gasteiger partial charge in [-0.2, -0.15) is 21.6 Å². The second-order valence-electron chi connectivity index (χ2n) is 5.03. The Morgan fingerprint density at radius 1 is 1.00 bits per heavy atom. The van der Waals surface area contributed by atoms with Crippen molar-refractivity contribution in [3.8, 4) is 22.6 Å². The third-order valence-corrected chi connectivity index (χ3v) is 4.32. The molecular weight excluding hydrogens is 396 g/mol. The minimum atomic E-state index is -6.06. The monoisotopic (exact) mass is 408 g/mol. The Bertz CT molecular complexity index is 969. The van der Waals surface area contributed by atoms with Gasteiger partial charge in [0, 0.05) is 11.1 Å². The number of benzene rings is 2. The zero-order valence-electron chi connectivity index (χ0n) is 13.8. The third kappa shape index (κ3) is 4.30. The van der Waals surface area contributed by atoms with Gasteiger partial charge in [-0.3, -0.25) is 0 Å². The fourth-order valence-electron chi connectivity index (χ4n) is 2.06. The average molecular weight is 408 g/mol. The van der Waals surface area contributed by atoms with E-state index in [1.165, 1.54) is 13.2 Å². The molecule has 6 nitrogen and oxygen atoms in total. The normalized spacial score (nSPS) is 11.8. The maximum atomic E-state index is 14.2. The molecule has 0 aliphatic heterocycles. The molecule has 0 radical (unpaired) electrons. The highest BCUT2D eigenvalue weighted by Crippen LogP contribution is 2.37. The van der Waals surface area contributed by atoms with Crippen LogP contribution in [-0.2, 0) is 14.9 Å². The van der Waals surface area contributed by atoms with E-state index in [1.54, 1.807) is 0 Å². The van der Waals surface area contributed by atoms with Crippen molar-refractivity contribution < 1.29 is 44.4 Å². The summed E-state index contributed by atoms with van der Waals surface area (Å²) in [6.45, 7) is 0. The minimum Gasteiger partial charge on any atom is -0.497 e. The first-order valence-corrected chi connectivity index (χ1v) is 8.48. The van der Waals surface area contributed by atoms with Gasteiger partial charge in [-0.1, -0.05) is 0 Å². The van der Waals surface area contributed by atoms with Crippen molar-refractivity contribution in [1.82, 2.24) is 0 Å². The first-order valence-electron chi connectivity index (χ1n) is 7.07. The molecule has 0 N–H and O–H groups in total. The summed E-state index contributed by atoms with van der Waals surface area (Å²) in [6.07, 6.45) is 0. The highest BCUT2D eigenvalue weighted by molar-refractivity contribution is 7.88. The van der Waals surface area contributed by atoms with Crippen molar-refractivity contribution in [2.45, 2.75) is 5.51 Å². The van der Waals surface area contributed by atoms with Crippen LogP contribution >= 0.6 is 0 Å². The Morgan fingerprint density at radius 3 is 2.22 bits per heavy atom. The SMILES string of the molecule is COC(=O)c1ccc(-c2cc(OC)ccc2F)c(OS(=O)(=O)C(F)(F)F)c1. The number of esters is 1. The first-order chi connectivity index (χ1) is 12.5. The predicted octanol–water partition coefficient (Wildman–Crippen LogP) is 3.52. The summed E-state index contributed by atoms with van der Waals surface area (Å²) < 4.78 is 88.5. The van der Waals surface area contributed by atoms with Crippen LogP contribution in [0.4, 0.5) is 17.6 Å². The largest absolute Gasteiger partial charge is 0.534 e. The molecule has 0 unspecified atom stereocenters. The number of halogens is 4. The second-order valence-corrected chi connectivity index (χ2v) is 6.57. The lowest BCUT2D eigenvalue weighted by Crippen LogP contribution is -2.28. The molecule has 0 saturated heterocycles. The van der Waals surface area contributed by atoms with Crippen molar-refractivity contribution in [3.63, 3.8) is 0 Å². The van der Waals surface area contributed by atoms with E-state index in [0.717, 1.165) is 31.4 Å². The smallest absolute Gasteiger partial charge is 0.497 e. The number of alkyl halides is 3. The van der Waals surface area contributed by atoms with E-state index in [0.29, 0.717) is 6.07 Å². The Balaban J connectivity index is 2.69. The van der Waals surface area contributed by atoms with Crippen molar-refractivity contribution >= 4 is 16.1 Å². The molecule has 0 atom stereocenters. The summed E-state index contributed by atoms with van der Waals surface area (Å²) in [5.41, 5.74) is -6.65. The van der Waals surface area contributed by atoms with E-state index in [9.17, 15) is 30.8 Å². The quantitative estimate of drug-likeness (QED) is 0.326. The van der Waals surface area contributed by atoms with Crippen LogP contribution in [0.1, 0.15) is 10.4 Å². The molecule has 2 aromatic rings. The topological polar surface area (TPSA) is 78.9 Å². The van der Waals surface area contributed by atoms with Crippen LogP contribution in [0.5, 0.6) is 11.5 Å². The molecule has 0 heterocycles. The van der Waals surface area contributed by atoms with Gasteiger partial charge in [-0.15, -0.1) is 0 Å². The van der Waals surface area contributed by atoms with E-state index in [1.807, 2.05) is 0 Å². The number of hydrogen-bond acceptors (Lipinski definition) is 6. The molecule has 146 valence electrons. The summed E-state index contributed by atoms with van der Waals surface area (Å²) in [4.78, 5) is 11.6. The second kappa shape index (κ2) is 7.43. The van der Waals surface area contributed by atoms with E-state index in [2.05, 4.69) is 8.92 Å². The Kier molecular flexibility index (Phi) is 5.64. The summed E-state index contributed by atoms with van der Waals surface area (Å²) in [5, 5.41) is 0. The molecule has 0 spiro atoms. The Hall–Kier alpha value is -2.82. The average Bonchev–Trinajstić information content (AvgIpc) is 2.60. The number of carbonyl (C=O) groups is 1. The van der Waals surface area contributed by atoms with Crippen LogP contribution in [0, 0.1) is 5.82 Å². The van der Waals surface area contributed by atoms with Crippen molar-refractivity contribution in [1.29, 1.82) is 0 Å². The summed E-state index contributed by atoms with van der Waals surface area (Å²) in [5.74, 6) is -2.58. The van der Waals surface area contributed by atoms with Crippen LogP contribution in [-0.4, -0.2) is 34.1 Å². The third-order valence-electron chi connectivity index (χ3n) is 3.35. The number of ether oxygens (including phenoxy) is 2. The molecule has 0 amide bonds. The van der Waals surface area contributed by atoms with Gasteiger partial charge in [0.05, 0.1) is 19.8 Å². The lowest BCUT2D eigenvalue weighted by atomic mass is 10.0. The van der Waals surface area contributed by atoms with Crippen molar-refractivity contribution in [3.05, 3.63) is 47.8 Å². The number of hydrogen-bond donors (Lipinski definition) is 0. The van der Waals surface area contributed by atoms with Gasteiger partial charge in [0.25, 0.3) is 0 Å². The van der Waals surface area contributed by atoms with E-state index >= 15 is 0 Å². The molecule has 0 aliphatic carbocycles. The molecule has 27 heavy (non-hydrogen) atoms. The highest BCUT2D eigenvalue weighted by Gasteiger charge is 2.49. The highest BCUT2D eigenvalue weighted by atomic mass is 32.2. The maximum absolute atomic E-state index is 14.2. The van der Waals surface area contributed by atoms with Gasteiger partial charge in [0.15, 0.2) is 5.75 Å².